The maximum atomic E-state index is 11.9. The molecule has 0 spiro atoms. The number of hydrogen-bond acceptors (Lipinski definition) is 5. The summed E-state index contributed by atoms with van der Waals surface area (Å²) in [5.74, 6) is 2.02. The van der Waals surface area contributed by atoms with E-state index >= 15 is 0 Å². The second-order valence-corrected chi connectivity index (χ2v) is 6.32. The van der Waals surface area contributed by atoms with Crippen LogP contribution < -0.4 is 11.1 Å². The van der Waals surface area contributed by atoms with Gasteiger partial charge in [-0.25, -0.2) is 4.79 Å². The van der Waals surface area contributed by atoms with Gasteiger partial charge in [-0.1, -0.05) is 12.1 Å². The number of fused-ring (bicyclic) bond motifs is 1. The molecule has 1 N–H and O–H groups in total. The minimum absolute atomic E-state index is 0.0780. The molecular weight excluding hydrogens is 328 g/mol. The predicted molar refractivity (Wildman–Crippen MR) is 93.0 cm³/mol. The molecule has 1 aromatic carbocycles. The van der Waals surface area contributed by atoms with Crippen LogP contribution in [0.4, 0.5) is 0 Å². The number of rotatable bonds is 8. The Labute approximate surface area is 142 Å². The fourth-order valence-electron chi connectivity index (χ4n) is 2.36. The molecule has 0 atom stereocenters. The van der Waals surface area contributed by atoms with Crippen LogP contribution in [-0.4, -0.2) is 22.8 Å². The number of para-hydroxylation sites is 2. The number of benzene rings is 1. The highest BCUT2D eigenvalue weighted by Gasteiger charge is 2.10. The van der Waals surface area contributed by atoms with Gasteiger partial charge in [0.2, 0.25) is 5.91 Å². The lowest BCUT2D eigenvalue weighted by Gasteiger charge is -2.05. The topological polar surface area (TPSA) is 77.4 Å². The van der Waals surface area contributed by atoms with E-state index in [2.05, 4.69) is 5.32 Å². The standard InChI is InChI=1S/C17H18N2O4S/c20-16(18-8-11-24-12-13-4-3-10-22-13)7-9-19-14-5-1-2-6-15(14)23-17(19)21/h1-6,10H,7-9,11-12H2,(H,18,20). The van der Waals surface area contributed by atoms with Gasteiger partial charge in [0.1, 0.15) is 5.76 Å². The van der Waals surface area contributed by atoms with E-state index in [1.165, 1.54) is 4.57 Å². The molecule has 0 radical (unpaired) electrons. The molecule has 126 valence electrons. The number of aromatic nitrogens is 1. The zero-order valence-corrected chi connectivity index (χ0v) is 13.9. The van der Waals surface area contributed by atoms with Gasteiger partial charge in [-0.3, -0.25) is 9.36 Å². The zero-order chi connectivity index (χ0) is 16.8. The number of thioether (sulfide) groups is 1. The van der Waals surface area contributed by atoms with Crippen molar-refractivity contribution < 1.29 is 13.6 Å². The van der Waals surface area contributed by atoms with Crippen LogP contribution in [-0.2, 0) is 17.1 Å². The average Bonchev–Trinajstić information content (AvgIpc) is 3.19. The molecule has 0 fully saturated rings. The number of carbonyl (C=O) groups is 1. The summed E-state index contributed by atoms with van der Waals surface area (Å²) in [6.07, 6.45) is 1.89. The van der Waals surface area contributed by atoms with Crippen molar-refractivity contribution in [3.05, 3.63) is 59.0 Å². The summed E-state index contributed by atoms with van der Waals surface area (Å²) in [5, 5.41) is 2.86. The minimum atomic E-state index is -0.432. The Morgan fingerprint density at radius 3 is 2.92 bits per heavy atom. The van der Waals surface area contributed by atoms with Gasteiger partial charge in [-0.15, -0.1) is 0 Å². The average molecular weight is 346 g/mol. The van der Waals surface area contributed by atoms with Crippen molar-refractivity contribution in [3.63, 3.8) is 0 Å². The summed E-state index contributed by atoms with van der Waals surface area (Å²) < 4.78 is 11.9. The summed E-state index contributed by atoms with van der Waals surface area (Å²) in [4.78, 5) is 23.7. The van der Waals surface area contributed by atoms with E-state index in [9.17, 15) is 9.59 Å². The van der Waals surface area contributed by atoms with Gasteiger partial charge in [0, 0.05) is 25.3 Å². The molecule has 2 heterocycles. The first-order valence-electron chi connectivity index (χ1n) is 7.69. The van der Waals surface area contributed by atoms with Crippen LogP contribution in [0.15, 0.2) is 56.3 Å². The van der Waals surface area contributed by atoms with Crippen molar-refractivity contribution in [2.45, 2.75) is 18.7 Å². The number of oxazole rings is 1. The third-order valence-corrected chi connectivity index (χ3v) is 4.51. The number of nitrogens with one attached hydrogen (secondary N) is 1. The Bertz CT molecular complexity index is 851. The number of nitrogens with zero attached hydrogens (tertiary/aromatic N) is 1. The summed E-state index contributed by atoms with van der Waals surface area (Å²) in [6, 6.07) is 11.0. The van der Waals surface area contributed by atoms with E-state index in [4.69, 9.17) is 8.83 Å². The Morgan fingerprint density at radius 1 is 1.21 bits per heavy atom. The van der Waals surface area contributed by atoms with Crippen molar-refractivity contribution in [1.82, 2.24) is 9.88 Å². The third-order valence-electron chi connectivity index (χ3n) is 3.53. The van der Waals surface area contributed by atoms with Crippen molar-refractivity contribution in [2.75, 3.05) is 12.3 Å². The maximum Gasteiger partial charge on any atom is 0.419 e. The van der Waals surface area contributed by atoms with Crippen molar-refractivity contribution in [1.29, 1.82) is 0 Å². The van der Waals surface area contributed by atoms with Crippen LogP contribution in [0, 0.1) is 0 Å². The number of amides is 1. The van der Waals surface area contributed by atoms with Crippen LogP contribution in [0.1, 0.15) is 12.2 Å². The Kier molecular flexibility index (Phi) is 5.43. The minimum Gasteiger partial charge on any atom is -0.468 e. The highest BCUT2D eigenvalue weighted by molar-refractivity contribution is 7.98. The molecule has 0 saturated carbocycles. The van der Waals surface area contributed by atoms with E-state index in [1.54, 1.807) is 24.1 Å². The van der Waals surface area contributed by atoms with Gasteiger partial charge < -0.3 is 14.2 Å². The zero-order valence-electron chi connectivity index (χ0n) is 13.1. The van der Waals surface area contributed by atoms with Gasteiger partial charge in [0.15, 0.2) is 5.58 Å². The van der Waals surface area contributed by atoms with Gasteiger partial charge in [0.25, 0.3) is 0 Å². The van der Waals surface area contributed by atoms with E-state index in [-0.39, 0.29) is 12.3 Å². The molecule has 0 aliphatic carbocycles. The summed E-state index contributed by atoms with van der Waals surface area (Å²) >= 11 is 1.69. The van der Waals surface area contributed by atoms with E-state index < -0.39 is 5.76 Å². The Balaban J connectivity index is 1.40. The number of hydrogen-bond donors (Lipinski definition) is 1. The van der Waals surface area contributed by atoms with Gasteiger partial charge >= 0.3 is 5.76 Å². The lowest BCUT2D eigenvalue weighted by atomic mass is 10.3. The molecule has 3 aromatic rings. The smallest absolute Gasteiger partial charge is 0.419 e. The normalized spacial score (nSPS) is 11.0. The monoisotopic (exact) mass is 346 g/mol. The molecule has 7 heteroatoms. The van der Waals surface area contributed by atoms with Crippen LogP contribution in [0.2, 0.25) is 0 Å². The van der Waals surface area contributed by atoms with Crippen molar-refractivity contribution in [3.8, 4) is 0 Å². The van der Waals surface area contributed by atoms with Crippen LogP contribution in [0.5, 0.6) is 0 Å². The van der Waals surface area contributed by atoms with E-state index in [1.807, 2.05) is 30.3 Å². The van der Waals surface area contributed by atoms with Crippen LogP contribution in [0.25, 0.3) is 11.1 Å². The molecule has 0 aliphatic heterocycles. The molecule has 0 bridgehead atoms. The highest BCUT2D eigenvalue weighted by atomic mass is 32.2. The van der Waals surface area contributed by atoms with Crippen molar-refractivity contribution in [2.24, 2.45) is 0 Å². The second-order valence-electron chi connectivity index (χ2n) is 5.22. The quantitative estimate of drug-likeness (QED) is 0.635. The Hall–Kier alpha value is -2.41. The van der Waals surface area contributed by atoms with Gasteiger partial charge in [-0.2, -0.15) is 11.8 Å². The molecule has 0 saturated heterocycles. The molecule has 6 nitrogen and oxygen atoms in total. The third kappa shape index (κ3) is 4.11. The fraction of sp³-hybridized carbons (Fsp3) is 0.294. The maximum absolute atomic E-state index is 11.9. The first-order chi connectivity index (χ1) is 11.7. The SMILES string of the molecule is O=C(CCn1c(=O)oc2ccccc21)NCCSCc1ccco1. The van der Waals surface area contributed by atoms with Crippen molar-refractivity contribution >= 4 is 28.8 Å². The van der Waals surface area contributed by atoms with E-state index in [0.29, 0.717) is 24.2 Å². The lowest BCUT2D eigenvalue weighted by molar-refractivity contribution is -0.121. The van der Waals surface area contributed by atoms with E-state index in [0.717, 1.165) is 17.3 Å². The Morgan fingerprint density at radius 2 is 2.08 bits per heavy atom. The highest BCUT2D eigenvalue weighted by Crippen LogP contribution is 2.12. The molecule has 24 heavy (non-hydrogen) atoms. The number of aryl methyl sites for hydroxylation is 1. The number of carbonyl (C=O) groups excluding carboxylic acids is 1. The number of furan rings is 1. The summed E-state index contributed by atoms with van der Waals surface area (Å²) in [7, 11) is 0. The van der Waals surface area contributed by atoms with Gasteiger partial charge in [-0.05, 0) is 24.3 Å². The van der Waals surface area contributed by atoms with Crippen LogP contribution >= 0.6 is 11.8 Å². The molecular formula is C17H18N2O4S. The van der Waals surface area contributed by atoms with Crippen LogP contribution in [0.3, 0.4) is 0 Å². The fourth-order valence-corrected chi connectivity index (χ4v) is 3.11. The second kappa shape index (κ2) is 7.92. The lowest BCUT2D eigenvalue weighted by Crippen LogP contribution is -2.28. The molecule has 1 amide bonds. The predicted octanol–water partition coefficient (Wildman–Crippen LogP) is 2.63. The molecule has 3 rings (SSSR count). The molecule has 0 unspecified atom stereocenters. The largest absolute Gasteiger partial charge is 0.468 e. The first kappa shape index (κ1) is 16.4. The molecule has 0 aliphatic rings. The summed E-state index contributed by atoms with van der Waals surface area (Å²) in [5.41, 5.74) is 1.25. The molecule has 2 aromatic heterocycles. The first-order valence-corrected chi connectivity index (χ1v) is 8.85. The summed E-state index contributed by atoms with van der Waals surface area (Å²) in [6.45, 7) is 0.895. The van der Waals surface area contributed by atoms with Gasteiger partial charge in [0.05, 0.1) is 17.5 Å².